The highest BCUT2D eigenvalue weighted by Gasteiger charge is 2.03. The Kier molecular flexibility index (Phi) is 4.78. The zero-order valence-electron chi connectivity index (χ0n) is 10.3. The minimum Gasteiger partial charge on any atom is -0.399 e. The molecule has 100 valence electrons. The van der Waals surface area contributed by atoms with Crippen molar-refractivity contribution in [3.8, 4) is 0 Å². The summed E-state index contributed by atoms with van der Waals surface area (Å²) in [5.41, 5.74) is 7.04. The standard InChI is InChI=1S/C13H15IN4O/c14-10-8-16-18(9-10)7-1-2-13(19)17-12-5-3-11(15)4-6-12/h3-6,8-9H,1-2,7,15H2,(H,17,19). The molecule has 0 spiro atoms. The van der Waals surface area contributed by atoms with Gasteiger partial charge < -0.3 is 11.1 Å². The average Bonchev–Trinajstić information content (AvgIpc) is 2.78. The smallest absolute Gasteiger partial charge is 0.224 e. The second kappa shape index (κ2) is 6.55. The molecule has 0 saturated heterocycles. The molecule has 1 heterocycles. The van der Waals surface area contributed by atoms with E-state index in [-0.39, 0.29) is 5.91 Å². The van der Waals surface area contributed by atoms with Gasteiger partial charge in [0.25, 0.3) is 0 Å². The number of hydrogen-bond donors (Lipinski definition) is 2. The molecule has 0 aliphatic carbocycles. The summed E-state index contributed by atoms with van der Waals surface area (Å²) in [6.07, 6.45) is 4.99. The van der Waals surface area contributed by atoms with Crippen molar-refractivity contribution in [2.45, 2.75) is 19.4 Å². The Morgan fingerprint density at radius 3 is 2.74 bits per heavy atom. The largest absolute Gasteiger partial charge is 0.399 e. The number of carbonyl (C=O) groups is 1. The monoisotopic (exact) mass is 370 g/mol. The van der Waals surface area contributed by atoms with Crippen LogP contribution in [0.4, 0.5) is 11.4 Å². The van der Waals surface area contributed by atoms with E-state index in [4.69, 9.17) is 5.73 Å². The molecule has 1 aromatic heterocycles. The summed E-state index contributed by atoms with van der Waals surface area (Å²) in [6.45, 7) is 0.748. The van der Waals surface area contributed by atoms with Crippen LogP contribution in [-0.4, -0.2) is 15.7 Å². The fourth-order valence-corrected chi connectivity index (χ4v) is 2.10. The minimum atomic E-state index is 0.00613. The highest BCUT2D eigenvalue weighted by Crippen LogP contribution is 2.11. The van der Waals surface area contributed by atoms with Gasteiger partial charge in [0.15, 0.2) is 0 Å². The van der Waals surface area contributed by atoms with Crippen LogP contribution in [-0.2, 0) is 11.3 Å². The fourth-order valence-electron chi connectivity index (χ4n) is 1.65. The SMILES string of the molecule is Nc1ccc(NC(=O)CCCn2cc(I)cn2)cc1. The van der Waals surface area contributed by atoms with E-state index in [1.54, 1.807) is 30.5 Å². The minimum absolute atomic E-state index is 0.00613. The van der Waals surface area contributed by atoms with Crippen LogP contribution in [0.1, 0.15) is 12.8 Å². The Hall–Kier alpha value is -1.57. The lowest BCUT2D eigenvalue weighted by molar-refractivity contribution is -0.116. The lowest BCUT2D eigenvalue weighted by Gasteiger charge is -2.05. The van der Waals surface area contributed by atoms with Gasteiger partial charge in [-0.15, -0.1) is 0 Å². The van der Waals surface area contributed by atoms with E-state index >= 15 is 0 Å². The van der Waals surface area contributed by atoms with Crippen molar-refractivity contribution >= 4 is 39.9 Å². The number of carbonyl (C=O) groups excluding carboxylic acids is 1. The molecule has 0 unspecified atom stereocenters. The molecule has 2 aromatic rings. The second-order valence-corrected chi connectivity index (χ2v) is 5.44. The lowest BCUT2D eigenvalue weighted by Crippen LogP contribution is -2.12. The van der Waals surface area contributed by atoms with Crippen LogP contribution in [0.2, 0.25) is 0 Å². The average molecular weight is 370 g/mol. The maximum atomic E-state index is 11.7. The molecule has 2 rings (SSSR count). The van der Waals surface area contributed by atoms with E-state index in [2.05, 4.69) is 33.0 Å². The summed E-state index contributed by atoms with van der Waals surface area (Å²) < 4.78 is 2.95. The molecule has 0 radical (unpaired) electrons. The van der Waals surface area contributed by atoms with Gasteiger partial charge in [-0.25, -0.2) is 0 Å². The molecule has 0 bridgehead atoms. The van der Waals surface area contributed by atoms with Crippen molar-refractivity contribution in [3.63, 3.8) is 0 Å². The summed E-state index contributed by atoms with van der Waals surface area (Å²) in [6, 6.07) is 7.12. The van der Waals surface area contributed by atoms with Crippen LogP contribution in [0.3, 0.4) is 0 Å². The van der Waals surface area contributed by atoms with Gasteiger partial charge in [-0.2, -0.15) is 5.10 Å². The first-order chi connectivity index (χ1) is 9.13. The molecule has 6 heteroatoms. The predicted molar refractivity (Wildman–Crippen MR) is 83.7 cm³/mol. The highest BCUT2D eigenvalue weighted by atomic mass is 127. The van der Waals surface area contributed by atoms with Crippen LogP contribution in [0.15, 0.2) is 36.7 Å². The number of nitrogens with zero attached hydrogens (tertiary/aromatic N) is 2. The molecule has 0 atom stereocenters. The zero-order valence-corrected chi connectivity index (χ0v) is 12.5. The van der Waals surface area contributed by atoms with Gasteiger partial charge in [0.05, 0.1) is 9.77 Å². The van der Waals surface area contributed by atoms with Gasteiger partial charge in [-0.3, -0.25) is 9.48 Å². The first-order valence-corrected chi connectivity index (χ1v) is 7.05. The Balaban J connectivity index is 1.74. The molecule has 19 heavy (non-hydrogen) atoms. The van der Waals surface area contributed by atoms with E-state index in [0.29, 0.717) is 12.1 Å². The van der Waals surface area contributed by atoms with Gasteiger partial charge in [-0.1, -0.05) is 0 Å². The third-order valence-corrected chi connectivity index (χ3v) is 3.14. The number of anilines is 2. The number of aromatic nitrogens is 2. The fraction of sp³-hybridized carbons (Fsp3) is 0.231. The topological polar surface area (TPSA) is 72.9 Å². The van der Waals surface area contributed by atoms with Crippen molar-refractivity contribution in [2.24, 2.45) is 0 Å². The number of aryl methyl sites for hydroxylation is 1. The zero-order chi connectivity index (χ0) is 13.7. The Morgan fingerprint density at radius 1 is 1.37 bits per heavy atom. The normalized spacial score (nSPS) is 10.4. The number of amides is 1. The summed E-state index contributed by atoms with van der Waals surface area (Å²) in [7, 11) is 0. The molecular weight excluding hydrogens is 355 g/mol. The van der Waals surface area contributed by atoms with Gasteiger partial charge >= 0.3 is 0 Å². The maximum absolute atomic E-state index is 11.7. The molecule has 1 amide bonds. The van der Waals surface area contributed by atoms with Gasteiger partial charge in [0, 0.05) is 30.5 Å². The number of nitrogen functional groups attached to an aromatic ring is 1. The molecule has 0 fully saturated rings. The first kappa shape index (κ1) is 13.9. The quantitative estimate of drug-likeness (QED) is 0.628. The highest BCUT2D eigenvalue weighted by molar-refractivity contribution is 14.1. The first-order valence-electron chi connectivity index (χ1n) is 5.97. The van der Waals surface area contributed by atoms with Crippen molar-refractivity contribution in [1.82, 2.24) is 9.78 Å². The number of nitrogens with two attached hydrogens (primary N) is 1. The molecule has 0 saturated carbocycles. The molecule has 3 N–H and O–H groups in total. The predicted octanol–water partition coefficient (Wildman–Crippen LogP) is 2.49. The summed E-state index contributed by atoms with van der Waals surface area (Å²) in [5.74, 6) is 0.00613. The number of halogens is 1. The molecule has 0 aliphatic heterocycles. The van der Waals surface area contributed by atoms with Gasteiger partial charge in [-0.05, 0) is 53.3 Å². The molecule has 1 aromatic carbocycles. The van der Waals surface area contributed by atoms with Crippen LogP contribution >= 0.6 is 22.6 Å². The summed E-state index contributed by atoms with van der Waals surface area (Å²) in [4.78, 5) is 11.7. The van der Waals surface area contributed by atoms with Crippen LogP contribution in [0.5, 0.6) is 0 Å². The lowest BCUT2D eigenvalue weighted by atomic mass is 10.2. The van der Waals surface area contributed by atoms with E-state index in [9.17, 15) is 4.79 Å². The van der Waals surface area contributed by atoms with Crippen molar-refractivity contribution in [3.05, 3.63) is 40.2 Å². The van der Waals surface area contributed by atoms with E-state index in [1.165, 1.54) is 0 Å². The van der Waals surface area contributed by atoms with Crippen LogP contribution < -0.4 is 11.1 Å². The summed E-state index contributed by atoms with van der Waals surface area (Å²) >= 11 is 2.21. The molecular formula is C13H15IN4O. The van der Waals surface area contributed by atoms with Crippen LogP contribution in [0, 0.1) is 3.57 Å². The number of benzene rings is 1. The number of nitrogens with one attached hydrogen (secondary N) is 1. The van der Waals surface area contributed by atoms with Crippen molar-refractivity contribution in [1.29, 1.82) is 0 Å². The third-order valence-electron chi connectivity index (χ3n) is 2.59. The third kappa shape index (κ3) is 4.55. The van der Waals surface area contributed by atoms with E-state index < -0.39 is 0 Å². The summed E-state index contributed by atoms with van der Waals surface area (Å²) in [5, 5.41) is 7.00. The number of hydrogen-bond acceptors (Lipinski definition) is 3. The Labute approximate surface area is 125 Å². The van der Waals surface area contributed by atoms with E-state index in [1.807, 2.05) is 10.9 Å². The molecule has 0 aliphatic rings. The molecule has 5 nitrogen and oxygen atoms in total. The van der Waals surface area contributed by atoms with Crippen molar-refractivity contribution < 1.29 is 4.79 Å². The van der Waals surface area contributed by atoms with Gasteiger partial charge in [0.1, 0.15) is 0 Å². The Morgan fingerprint density at radius 2 is 2.11 bits per heavy atom. The maximum Gasteiger partial charge on any atom is 0.224 e. The van der Waals surface area contributed by atoms with Crippen molar-refractivity contribution in [2.75, 3.05) is 11.1 Å². The van der Waals surface area contributed by atoms with E-state index in [0.717, 1.165) is 22.2 Å². The second-order valence-electron chi connectivity index (χ2n) is 4.20. The number of rotatable bonds is 5. The van der Waals surface area contributed by atoms with Crippen LogP contribution in [0.25, 0.3) is 0 Å². The van der Waals surface area contributed by atoms with Gasteiger partial charge in [0.2, 0.25) is 5.91 Å². The Bertz CT molecular complexity index is 550.